The minimum atomic E-state index is -0.852. The van der Waals surface area contributed by atoms with Crippen molar-refractivity contribution in [1.82, 2.24) is 0 Å². The standard InChI is InChI=1S/C16H23NO2S/c1-10-7-11(2)9-12(8-10)17-13-5-4-6-14(20-3)15(13)16(18)19/h4-6,10-12,17H,7-9H2,1-3H3,(H,18,19). The van der Waals surface area contributed by atoms with Crippen molar-refractivity contribution in [2.45, 2.75) is 44.0 Å². The third-order valence-electron chi connectivity index (χ3n) is 4.00. The van der Waals surface area contributed by atoms with E-state index in [0.717, 1.165) is 23.4 Å². The fourth-order valence-corrected chi connectivity index (χ4v) is 3.94. The fraction of sp³-hybridized carbons (Fsp3) is 0.562. The molecule has 20 heavy (non-hydrogen) atoms. The van der Waals surface area contributed by atoms with Gasteiger partial charge in [0.1, 0.15) is 0 Å². The number of carbonyl (C=O) groups is 1. The fourth-order valence-electron chi connectivity index (χ4n) is 3.33. The molecule has 4 heteroatoms. The molecule has 1 aliphatic carbocycles. The van der Waals surface area contributed by atoms with Gasteiger partial charge in [0.25, 0.3) is 0 Å². The van der Waals surface area contributed by atoms with Crippen molar-refractivity contribution in [3.63, 3.8) is 0 Å². The molecule has 1 aromatic rings. The monoisotopic (exact) mass is 293 g/mol. The van der Waals surface area contributed by atoms with E-state index in [9.17, 15) is 9.90 Å². The van der Waals surface area contributed by atoms with Gasteiger partial charge in [0.15, 0.2) is 0 Å². The second kappa shape index (κ2) is 6.53. The van der Waals surface area contributed by atoms with Crippen molar-refractivity contribution in [3.8, 4) is 0 Å². The summed E-state index contributed by atoms with van der Waals surface area (Å²) in [6, 6.07) is 6.05. The van der Waals surface area contributed by atoms with E-state index < -0.39 is 5.97 Å². The normalized spacial score (nSPS) is 26.2. The van der Waals surface area contributed by atoms with Crippen LogP contribution >= 0.6 is 11.8 Å². The highest BCUT2D eigenvalue weighted by Crippen LogP contribution is 2.33. The van der Waals surface area contributed by atoms with Crippen molar-refractivity contribution in [2.24, 2.45) is 11.8 Å². The lowest BCUT2D eigenvalue weighted by Gasteiger charge is -2.33. The predicted molar refractivity (Wildman–Crippen MR) is 84.8 cm³/mol. The third kappa shape index (κ3) is 3.48. The lowest BCUT2D eigenvalue weighted by atomic mass is 9.80. The maximum absolute atomic E-state index is 11.5. The zero-order chi connectivity index (χ0) is 14.7. The van der Waals surface area contributed by atoms with E-state index in [4.69, 9.17) is 0 Å². The van der Waals surface area contributed by atoms with Gasteiger partial charge in [0.05, 0.1) is 11.3 Å². The summed E-state index contributed by atoms with van der Waals surface area (Å²) in [5.74, 6) is 0.552. The summed E-state index contributed by atoms with van der Waals surface area (Å²) in [6.07, 6.45) is 5.42. The highest BCUT2D eigenvalue weighted by molar-refractivity contribution is 7.98. The largest absolute Gasteiger partial charge is 0.478 e. The Morgan fingerprint density at radius 3 is 2.45 bits per heavy atom. The molecule has 1 aliphatic rings. The molecule has 2 atom stereocenters. The number of carboxylic acids is 1. The van der Waals surface area contributed by atoms with Gasteiger partial charge in [-0.15, -0.1) is 11.8 Å². The third-order valence-corrected chi connectivity index (χ3v) is 4.78. The number of rotatable bonds is 4. The number of anilines is 1. The molecule has 0 aliphatic heterocycles. The minimum absolute atomic E-state index is 0.379. The van der Waals surface area contributed by atoms with Crippen LogP contribution in [0.1, 0.15) is 43.5 Å². The van der Waals surface area contributed by atoms with Crippen LogP contribution in [0.2, 0.25) is 0 Å². The molecular formula is C16H23NO2S. The molecule has 1 fully saturated rings. The Hall–Kier alpha value is -1.16. The lowest BCUT2D eigenvalue weighted by Crippen LogP contribution is -2.30. The maximum Gasteiger partial charge on any atom is 0.338 e. The molecule has 2 rings (SSSR count). The first-order valence-electron chi connectivity index (χ1n) is 7.18. The van der Waals surface area contributed by atoms with Gasteiger partial charge in [0.2, 0.25) is 0 Å². The van der Waals surface area contributed by atoms with E-state index in [2.05, 4.69) is 19.2 Å². The molecule has 0 spiro atoms. The first-order chi connectivity index (χ1) is 9.51. The highest BCUT2D eigenvalue weighted by Gasteiger charge is 2.25. The molecule has 2 unspecified atom stereocenters. The average molecular weight is 293 g/mol. The summed E-state index contributed by atoms with van der Waals surface area (Å²) in [7, 11) is 0. The lowest BCUT2D eigenvalue weighted by molar-refractivity contribution is 0.0694. The molecule has 0 amide bonds. The number of hydrogen-bond acceptors (Lipinski definition) is 3. The number of carboxylic acid groups (broad SMARTS) is 1. The smallest absolute Gasteiger partial charge is 0.338 e. The van der Waals surface area contributed by atoms with E-state index >= 15 is 0 Å². The van der Waals surface area contributed by atoms with E-state index in [1.807, 2.05) is 24.5 Å². The number of benzene rings is 1. The average Bonchev–Trinajstić information content (AvgIpc) is 2.36. The van der Waals surface area contributed by atoms with Crippen molar-refractivity contribution in [3.05, 3.63) is 23.8 Å². The molecule has 0 heterocycles. The van der Waals surface area contributed by atoms with Crippen LogP contribution in [0.3, 0.4) is 0 Å². The van der Waals surface area contributed by atoms with Gasteiger partial charge >= 0.3 is 5.97 Å². The second-order valence-electron chi connectivity index (χ2n) is 5.95. The van der Waals surface area contributed by atoms with Gasteiger partial charge < -0.3 is 10.4 Å². The first kappa shape index (κ1) is 15.2. The van der Waals surface area contributed by atoms with Gasteiger partial charge in [-0.05, 0) is 49.5 Å². The van der Waals surface area contributed by atoms with Crippen molar-refractivity contribution in [1.29, 1.82) is 0 Å². The topological polar surface area (TPSA) is 49.3 Å². The Labute approximate surface area is 125 Å². The maximum atomic E-state index is 11.5. The zero-order valence-electron chi connectivity index (χ0n) is 12.3. The molecule has 0 radical (unpaired) electrons. The molecule has 0 bridgehead atoms. The Morgan fingerprint density at radius 1 is 1.25 bits per heavy atom. The van der Waals surface area contributed by atoms with Crippen molar-refractivity contribution in [2.75, 3.05) is 11.6 Å². The number of thioether (sulfide) groups is 1. The molecule has 1 saturated carbocycles. The van der Waals surface area contributed by atoms with Gasteiger partial charge in [-0.1, -0.05) is 19.9 Å². The SMILES string of the molecule is CSc1cccc(NC2CC(C)CC(C)C2)c1C(=O)O. The van der Waals surface area contributed by atoms with Gasteiger partial charge in [0, 0.05) is 10.9 Å². The Balaban J connectivity index is 2.22. The Bertz CT molecular complexity index is 479. The van der Waals surface area contributed by atoms with Gasteiger partial charge in [-0.25, -0.2) is 4.79 Å². The van der Waals surface area contributed by atoms with Crippen molar-refractivity contribution < 1.29 is 9.90 Å². The summed E-state index contributed by atoms with van der Waals surface area (Å²) >= 11 is 1.48. The van der Waals surface area contributed by atoms with Crippen LogP contribution in [0.4, 0.5) is 5.69 Å². The van der Waals surface area contributed by atoms with Gasteiger partial charge in [-0.2, -0.15) is 0 Å². The first-order valence-corrected chi connectivity index (χ1v) is 8.40. The van der Waals surface area contributed by atoms with Crippen LogP contribution in [-0.4, -0.2) is 23.4 Å². The molecule has 0 saturated heterocycles. The van der Waals surface area contributed by atoms with Crippen LogP contribution in [0.5, 0.6) is 0 Å². The van der Waals surface area contributed by atoms with Crippen molar-refractivity contribution >= 4 is 23.4 Å². The molecule has 1 aromatic carbocycles. The molecule has 3 nitrogen and oxygen atoms in total. The number of aromatic carboxylic acids is 1. The number of hydrogen-bond donors (Lipinski definition) is 2. The highest BCUT2D eigenvalue weighted by atomic mass is 32.2. The predicted octanol–water partition coefficient (Wildman–Crippen LogP) is 4.34. The minimum Gasteiger partial charge on any atom is -0.478 e. The van der Waals surface area contributed by atoms with E-state index in [1.165, 1.54) is 18.2 Å². The quantitative estimate of drug-likeness (QED) is 0.811. The molecular weight excluding hydrogens is 270 g/mol. The molecule has 2 N–H and O–H groups in total. The number of nitrogens with one attached hydrogen (secondary N) is 1. The zero-order valence-corrected chi connectivity index (χ0v) is 13.2. The second-order valence-corrected chi connectivity index (χ2v) is 6.79. The summed E-state index contributed by atoms with van der Waals surface area (Å²) in [4.78, 5) is 12.3. The Kier molecular flexibility index (Phi) is 4.97. The van der Waals surface area contributed by atoms with Crippen LogP contribution in [0, 0.1) is 11.8 Å². The summed E-state index contributed by atoms with van der Waals surface area (Å²) in [5, 5.41) is 12.9. The molecule has 0 aromatic heterocycles. The summed E-state index contributed by atoms with van der Waals surface area (Å²) < 4.78 is 0. The van der Waals surface area contributed by atoms with E-state index in [1.54, 1.807) is 0 Å². The van der Waals surface area contributed by atoms with Crippen LogP contribution < -0.4 is 5.32 Å². The van der Waals surface area contributed by atoms with Crippen LogP contribution in [0.25, 0.3) is 0 Å². The Morgan fingerprint density at radius 2 is 1.90 bits per heavy atom. The summed E-state index contributed by atoms with van der Waals surface area (Å²) in [5.41, 5.74) is 1.17. The summed E-state index contributed by atoms with van der Waals surface area (Å²) in [6.45, 7) is 4.56. The van der Waals surface area contributed by atoms with Crippen LogP contribution in [-0.2, 0) is 0 Å². The van der Waals surface area contributed by atoms with Crippen LogP contribution in [0.15, 0.2) is 23.1 Å². The van der Waals surface area contributed by atoms with E-state index in [0.29, 0.717) is 23.4 Å². The van der Waals surface area contributed by atoms with E-state index in [-0.39, 0.29) is 0 Å². The van der Waals surface area contributed by atoms with Gasteiger partial charge in [-0.3, -0.25) is 0 Å². The molecule has 110 valence electrons.